The molecule has 0 aliphatic heterocycles. The predicted octanol–water partition coefficient (Wildman–Crippen LogP) is 0.286. The molecule has 0 bridgehead atoms. The number of ether oxygens (including phenoxy) is 1. The molecule has 0 aliphatic rings. The Bertz CT molecular complexity index is 243. The van der Waals surface area contributed by atoms with Gasteiger partial charge in [0.15, 0.2) is 0 Å². The van der Waals surface area contributed by atoms with Crippen LogP contribution in [0.15, 0.2) is 18.6 Å². The van der Waals surface area contributed by atoms with Gasteiger partial charge in [0.1, 0.15) is 12.1 Å². The molecular weight excluding hydrogens is 182 g/mol. The molecule has 1 aromatic heterocycles. The van der Waals surface area contributed by atoms with Crippen molar-refractivity contribution < 1.29 is 9.84 Å². The number of nitrogens with zero attached hydrogens (tertiary/aromatic N) is 2. The van der Waals surface area contributed by atoms with Crippen molar-refractivity contribution in [3.8, 4) is 0 Å². The minimum absolute atomic E-state index is 0.367. The number of nitrogens with one attached hydrogen (secondary N) is 1. The summed E-state index contributed by atoms with van der Waals surface area (Å²) in [7, 11) is 1.57. The zero-order chi connectivity index (χ0) is 10.2. The van der Waals surface area contributed by atoms with E-state index in [1.165, 1.54) is 6.33 Å². The quantitative estimate of drug-likeness (QED) is 0.686. The fourth-order valence-corrected chi connectivity index (χ4v) is 1.04. The maximum Gasteiger partial charge on any atom is 0.129 e. The predicted molar refractivity (Wildman–Crippen MR) is 53.0 cm³/mol. The van der Waals surface area contributed by atoms with E-state index in [1.54, 1.807) is 19.4 Å². The highest BCUT2D eigenvalue weighted by molar-refractivity contribution is 5.31. The second kappa shape index (κ2) is 6.28. The summed E-state index contributed by atoms with van der Waals surface area (Å²) in [5.74, 6) is 0.768. The smallest absolute Gasteiger partial charge is 0.129 e. The Kier molecular flexibility index (Phi) is 4.88. The van der Waals surface area contributed by atoms with Crippen LogP contribution in [0.4, 0.5) is 5.82 Å². The number of methoxy groups -OCH3 is 1. The second-order valence-corrected chi connectivity index (χ2v) is 2.92. The lowest BCUT2D eigenvalue weighted by atomic mass is 10.2. The highest BCUT2D eigenvalue weighted by Gasteiger charge is 2.02. The molecule has 14 heavy (non-hydrogen) atoms. The molecule has 1 aromatic rings. The molecule has 0 spiro atoms. The van der Waals surface area contributed by atoms with Crippen LogP contribution in [0.2, 0.25) is 0 Å². The van der Waals surface area contributed by atoms with Crippen LogP contribution in [0.3, 0.4) is 0 Å². The van der Waals surface area contributed by atoms with Gasteiger partial charge in [-0.3, -0.25) is 0 Å². The third-order valence-electron chi connectivity index (χ3n) is 1.72. The van der Waals surface area contributed by atoms with Gasteiger partial charge in [-0.1, -0.05) is 0 Å². The van der Waals surface area contributed by atoms with Crippen LogP contribution in [0.5, 0.6) is 0 Å². The van der Waals surface area contributed by atoms with Gasteiger partial charge in [0.05, 0.1) is 12.7 Å². The molecule has 78 valence electrons. The second-order valence-electron chi connectivity index (χ2n) is 2.92. The summed E-state index contributed by atoms with van der Waals surface area (Å²) >= 11 is 0. The lowest BCUT2D eigenvalue weighted by Crippen LogP contribution is -2.18. The average Bonchev–Trinajstić information content (AvgIpc) is 2.20. The fraction of sp³-hybridized carbons (Fsp3) is 0.556. The van der Waals surface area contributed by atoms with E-state index >= 15 is 0 Å². The Morgan fingerprint density at radius 3 is 3.14 bits per heavy atom. The van der Waals surface area contributed by atoms with Crippen molar-refractivity contribution in [1.29, 1.82) is 0 Å². The first kappa shape index (κ1) is 10.9. The Morgan fingerprint density at radius 2 is 2.50 bits per heavy atom. The SMILES string of the molecule is COCC(O)CCNc1ccncn1. The molecule has 0 aromatic carbocycles. The number of hydrogen-bond donors (Lipinski definition) is 2. The molecule has 1 heterocycles. The van der Waals surface area contributed by atoms with Crippen molar-refractivity contribution in [2.45, 2.75) is 12.5 Å². The zero-order valence-electron chi connectivity index (χ0n) is 8.18. The summed E-state index contributed by atoms with van der Waals surface area (Å²) in [6, 6.07) is 1.78. The average molecular weight is 197 g/mol. The standard InChI is InChI=1S/C9H15N3O2/c1-14-6-8(13)2-5-11-9-3-4-10-7-12-9/h3-4,7-8,13H,2,5-6H2,1H3,(H,10,11,12). The molecule has 0 amide bonds. The molecule has 1 rings (SSSR count). The van der Waals surface area contributed by atoms with Gasteiger partial charge < -0.3 is 15.2 Å². The molecular formula is C9H15N3O2. The molecule has 0 aliphatic carbocycles. The van der Waals surface area contributed by atoms with Gasteiger partial charge in [0.2, 0.25) is 0 Å². The van der Waals surface area contributed by atoms with Crippen LogP contribution in [0, 0.1) is 0 Å². The van der Waals surface area contributed by atoms with E-state index in [0.717, 1.165) is 5.82 Å². The van der Waals surface area contributed by atoms with E-state index in [9.17, 15) is 5.11 Å². The third kappa shape index (κ3) is 4.15. The highest BCUT2D eigenvalue weighted by atomic mass is 16.5. The van der Waals surface area contributed by atoms with Gasteiger partial charge in [-0.15, -0.1) is 0 Å². The van der Waals surface area contributed by atoms with Crippen LogP contribution in [-0.2, 0) is 4.74 Å². The third-order valence-corrected chi connectivity index (χ3v) is 1.72. The molecule has 0 radical (unpaired) electrons. The monoisotopic (exact) mass is 197 g/mol. The molecule has 0 fully saturated rings. The summed E-state index contributed by atoms with van der Waals surface area (Å²) in [6.45, 7) is 1.03. The molecule has 2 N–H and O–H groups in total. The minimum atomic E-state index is -0.422. The first-order chi connectivity index (χ1) is 6.83. The van der Waals surface area contributed by atoms with Gasteiger partial charge in [0.25, 0.3) is 0 Å². The van der Waals surface area contributed by atoms with Crippen LogP contribution in [0.1, 0.15) is 6.42 Å². The first-order valence-corrected chi connectivity index (χ1v) is 4.50. The molecule has 5 heteroatoms. The van der Waals surface area contributed by atoms with E-state index in [0.29, 0.717) is 19.6 Å². The molecule has 1 unspecified atom stereocenters. The van der Waals surface area contributed by atoms with Gasteiger partial charge in [0, 0.05) is 19.9 Å². The zero-order valence-corrected chi connectivity index (χ0v) is 8.18. The van der Waals surface area contributed by atoms with Crippen molar-refractivity contribution in [2.75, 3.05) is 25.6 Å². The number of aliphatic hydroxyl groups excluding tert-OH is 1. The molecule has 0 saturated carbocycles. The number of aromatic nitrogens is 2. The van der Waals surface area contributed by atoms with E-state index in [1.807, 2.05) is 0 Å². The van der Waals surface area contributed by atoms with E-state index < -0.39 is 6.10 Å². The van der Waals surface area contributed by atoms with E-state index in [4.69, 9.17) is 4.74 Å². The molecule has 0 saturated heterocycles. The number of rotatable bonds is 6. The van der Waals surface area contributed by atoms with Crippen molar-refractivity contribution in [3.63, 3.8) is 0 Å². The molecule has 5 nitrogen and oxygen atoms in total. The molecule has 1 atom stereocenters. The van der Waals surface area contributed by atoms with E-state index in [-0.39, 0.29) is 0 Å². The Labute approximate surface area is 83.2 Å². The summed E-state index contributed by atoms with van der Waals surface area (Å²) in [5, 5.41) is 12.4. The van der Waals surface area contributed by atoms with Gasteiger partial charge in [-0.05, 0) is 12.5 Å². The highest BCUT2D eigenvalue weighted by Crippen LogP contribution is 1.99. The topological polar surface area (TPSA) is 67.3 Å². The largest absolute Gasteiger partial charge is 0.391 e. The maximum absolute atomic E-state index is 9.33. The number of anilines is 1. The van der Waals surface area contributed by atoms with Gasteiger partial charge >= 0.3 is 0 Å². The van der Waals surface area contributed by atoms with Crippen LogP contribution in [-0.4, -0.2) is 41.4 Å². The Morgan fingerprint density at radius 1 is 1.64 bits per heavy atom. The number of aliphatic hydroxyl groups is 1. The van der Waals surface area contributed by atoms with Gasteiger partial charge in [-0.2, -0.15) is 0 Å². The summed E-state index contributed by atoms with van der Waals surface area (Å²) in [5.41, 5.74) is 0. The lowest BCUT2D eigenvalue weighted by Gasteiger charge is -2.09. The Hall–Kier alpha value is -1.20. The first-order valence-electron chi connectivity index (χ1n) is 4.50. The van der Waals surface area contributed by atoms with Crippen molar-refractivity contribution in [1.82, 2.24) is 9.97 Å². The minimum Gasteiger partial charge on any atom is -0.391 e. The normalized spacial score (nSPS) is 12.4. The van der Waals surface area contributed by atoms with E-state index in [2.05, 4.69) is 15.3 Å². The van der Waals surface area contributed by atoms with Crippen LogP contribution in [0.25, 0.3) is 0 Å². The van der Waals surface area contributed by atoms with Gasteiger partial charge in [-0.25, -0.2) is 9.97 Å². The summed E-state index contributed by atoms with van der Waals surface area (Å²) in [6.07, 6.45) is 3.36. The lowest BCUT2D eigenvalue weighted by molar-refractivity contribution is 0.0615. The van der Waals surface area contributed by atoms with Crippen LogP contribution >= 0.6 is 0 Å². The van der Waals surface area contributed by atoms with Crippen molar-refractivity contribution >= 4 is 5.82 Å². The van der Waals surface area contributed by atoms with Crippen LogP contribution < -0.4 is 5.32 Å². The Balaban J connectivity index is 2.16. The maximum atomic E-state index is 9.33. The summed E-state index contributed by atoms with van der Waals surface area (Å²) in [4.78, 5) is 7.78. The number of hydrogen-bond acceptors (Lipinski definition) is 5. The van der Waals surface area contributed by atoms with Crippen molar-refractivity contribution in [3.05, 3.63) is 18.6 Å². The fourth-order valence-electron chi connectivity index (χ4n) is 1.04. The summed E-state index contributed by atoms with van der Waals surface area (Å²) < 4.78 is 4.80. The van der Waals surface area contributed by atoms with Crippen molar-refractivity contribution in [2.24, 2.45) is 0 Å².